The number of halogens is 1. The minimum absolute atomic E-state index is 0.106. The van der Waals surface area contributed by atoms with Crippen molar-refractivity contribution in [1.29, 1.82) is 0 Å². The van der Waals surface area contributed by atoms with Crippen LogP contribution in [0.15, 0.2) is 22.7 Å². The number of nitro groups is 1. The number of nitrogens with two attached hydrogens (primary N) is 1. The van der Waals surface area contributed by atoms with E-state index < -0.39 is 10.8 Å². The van der Waals surface area contributed by atoms with Crippen molar-refractivity contribution in [2.75, 3.05) is 0 Å². The average molecular weight is 245 g/mol. The van der Waals surface area contributed by atoms with Crippen LogP contribution in [0.2, 0.25) is 0 Å². The van der Waals surface area contributed by atoms with Gasteiger partial charge in [0.25, 0.3) is 5.69 Å². The van der Waals surface area contributed by atoms with Gasteiger partial charge in [0.2, 0.25) is 5.91 Å². The van der Waals surface area contributed by atoms with E-state index in [9.17, 15) is 14.9 Å². The summed E-state index contributed by atoms with van der Waals surface area (Å²) < 4.78 is 0.450. The number of primary amides is 1. The van der Waals surface area contributed by atoms with Crippen LogP contribution in [0, 0.1) is 10.1 Å². The van der Waals surface area contributed by atoms with Gasteiger partial charge in [-0.05, 0) is 22.0 Å². The number of carbonyl (C=O) groups is 1. The van der Waals surface area contributed by atoms with Gasteiger partial charge in [-0.15, -0.1) is 0 Å². The standard InChI is InChI=1S/C7H5BrN2O3/c8-6-2-1-4(10(12)13)3-5(6)7(9)11/h1-3H,(H2,9,11). The Balaban J connectivity index is 3.27. The van der Waals surface area contributed by atoms with Gasteiger partial charge in [0.15, 0.2) is 0 Å². The summed E-state index contributed by atoms with van der Waals surface area (Å²) in [7, 11) is 0. The highest BCUT2D eigenvalue weighted by molar-refractivity contribution is 9.10. The third-order valence-electron chi connectivity index (χ3n) is 1.43. The number of benzene rings is 1. The van der Waals surface area contributed by atoms with Gasteiger partial charge in [-0.2, -0.15) is 0 Å². The summed E-state index contributed by atoms with van der Waals surface area (Å²) in [6.45, 7) is 0. The quantitative estimate of drug-likeness (QED) is 0.631. The third kappa shape index (κ3) is 2.03. The predicted molar refractivity (Wildman–Crippen MR) is 49.3 cm³/mol. The zero-order valence-corrected chi connectivity index (χ0v) is 7.95. The van der Waals surface area contributed by atoms with Crippen molar-refractivity contribution in [2.24, 2.45) is 5.73 Å². The van der Waals surface area contributed by atoms with Crippen molar-refractivity contribution in [1.82, 2.24) is 0 Å². The van der Waals surface area contributed by atoms with Crippen molar-refractivity contribution in [2.45, 2.75) is 0 Å². The molecule has 0 spiro atoms. The molecule has 5 nitrogen and oxygen atoms in total. The van der Waals surface area contributed by atoms with E-state index in [0.717, 1.165) is 6.07 Å². The van der Waals surface area contributed by atoms with Crippen LogP contribution in [0.4, 0.5) is 5.69 Å². The lowest BCUT2D eigenvalue weighted by Gasteiger charge is -1.98. The fraction of sp³-hybridized carbons (Fsp3) is 0. The second-order valence-electron chi connectivity index (χ2n) is 2.29. The molecule has 2 N–H and O–H groups in total. The molecule has 0 aromatic heterocycles. The fourth-order valence-electron chi connectivity index (χ4n) is 0.816. The minimum atomic E-state index is -0.699. The highest BCUT2D eigenvalue weighted by atomic mass is 79.9. The Morgan fingerprint density at radius 3 is 2.62 bits per heavy atom. The second-order valence-corrected chi connectivity index (χ2v) is 3.14. The molecule has 1 rings (SSSR count). The predicted octanol–water partition coefficient (Wildman–Crippen LogP) is 1.46. The molecule has 0 aliphatic carbocycles. The largest absolute Gasteiger partial charge is 0.366 e. The molecule has 13 heavy (non-hydrogen) atoms. The molecule has 0 aliphatic heterocycles. The summed E-state index contributed by atoms with van der Waals surface area (Å²) in [6.07, 6.45) is 0. The van der Waals surface area contributed by atoms with E-state index in [1.54, 1.807) is 0 Å². The lowest BCUT2D eigenvalue weighted by molar-refractivity contribution is -0.384. The van der Waals surface area contributed by atoms with Gasteiger partial charge in [-0.3, -0.25) is 14.9 Å². The maximum absolute atomic E-state index is 10.8. The first-order chi connectivity index (χ1) is 6.02. The lowest BCUT2D eigenvalue weighted by Crippen LogP contribution is -2.11. The molecule has 0 atom stereocenters. The highest BCUT2D eigenvalue weighted by Gasteiger charge is 2.12. The Hall–Kier alpha value is -1.43. The van der Waals surface area contributed by atoms with Crippen molar-refractivity contribution < 1.29 is 9.72 Å². The van der Waals surface area contributed by atoms with Crippen LogP contribution in [0.5, 0.6) is 0 Å². The Kier molecular flexibility index (Phi) is 2.62. The third-order valence-corrected chi connectivity index (χ3v) is 2.12. The number of carbonyl (C=O) groups excluding carboxylic acids is 1. The normalized spacial score (nSPS) is 9.62. The Morgan fingerprint density at radius 1 is 1.54 bits per heavy atom. The number of nitro benzene ring substituents is 1. The molecular weight excluding hydrogens is 240 g/mol. The summed E-state index contributed by atoms with van der Waals surface area (Å²) >= 11 is 3.06. The van der Waals surface area contributed by atoms with Gasteiger partial charge < -0.3 is 5.73 Å². The molecule has 1 amide bonds. The van der Waals surface area contributed by atoms with Gasteiger partial charge in [0, 0.05) is 16.6 Å². The van der Waals surface area contributed by atoms with Crippen molar-refractivity contribution >= 4 is 27.5 Å². The van der Waals surface area contributed by atoms with Gasteiger partial charge in [-0.25, -0.2) is 0 Å². The molecule has 0 aliphatic rings. The van der Waals surface area contributed by atoms with Crippen molar-refractivity contribution in [3.8, 4) is 0 Å². The lowest BCUT2D eigenvalue weighted by atomic mass is 10.2. The molecule has 0 fully saturated rings. The fourth-order valence-corrected chi connectivity index (χ4v) is 1.26. The van der Waals surface area contributed by atoms with Gasteiger partial charge in [0.05, 0.1) is 10.5 Å². The van der Waals surface area contributed by atoms with Gasteiger partial charge in [0.1, 0.15) is 0 Å². The summed E-state index contributed by atoms with van der Waals surface area (Å²) in [6, 6.07) is 3.83. The monoisotopic (exact) mass is 244 g/mol. The molecule has 0 unspecified atom stereocenters. The molecule has 0 bridgehead atoms. The first-order valence-electron chi connectivity index (χ1n) is 3.26. The van der Waals surface area contributed by atoms with E-state index in [1.165, 1.54) is 12.1 Å². The van der Waals surface area contributed by atoms with Crippen molar-refractivity contribution in [3.63, 3.8) is 0 Å². The van der Waals surface area contributed by atoms with E-state index in [-0.39, 0.29) is 11.3 Å². The van der Waals surface area contributed by atoms with E-state index in [4.69, 9.17) is 5.73 Å². The van der Waals surface area contributed by atoms with E-state index >= 15 is 0 Å². The molecule has 0 radical (unpaired) electrons. The van der Waals surface area contributed by atoms with Crippen LogP contribution in [-0.2, 0) is 0 Å². The number of hydrogen-bond acceptors (Lipinski definition) is 3. The van der Waals surface area contributed by atoms with Crippen LogP contribution < -0.4 is 5.73 Å². The molecular formula is C7H5BrN2O3. The van der Waals surface area contributed by atoms with Crippen molar-refractivity contribution in [3.05, 3.63) is 38.3 Å². The molecule has 0 saturated heterocycles. The molecule has 0 saturated carbocycles. The van der Waals surface area contributed by atoms with E-state index in [2.05, 4.69) is 15.9 Å². The molecule has 6 heteroatoms. The first kappa shape index (κ1) is 9.66. The summed E-state index contributed by atoms with van der Waals surface area (Å²) in [5.74, 6) is -0.699. The maximum atomic E-state index is 10.8. The van der Waals surface area contributed by atoms with Crippen LogP contribution in [0.3, 0.4) is 0 Å². The van der Waals surface area contributed by atoms with Crippen LogP contribution in [0.1, 0.15) is 10.4 Å². The zero-order chi connectivity index (χ0) is 10.0. The molecule has 1 aromatic carbocycles. The molecule has 68 valence electrons. The van der Waals surface area contributed by atoms with Crippen LogP contribution in [0.25, 0.3) is 0 Å². The van der Waals surface area contributed by atoms with Crippen LogP contribution in [-0.4, -0.2) is 10.8 Å². The second kappa shape index (κ2) is 3.53. The highest BCUT2D eigenvalue weighted by Crippen LogP contribution is 2.21. The summed E-state index contributed by atoms with van der Waals surface area (Å²) in [4.78, 5) is 20.5. The number of rotatable bonds is 2. The minimum Gasteiger partial charge on any atom is -0.366 e. The summed E-state index contributed by atoms with van der Waals surface area (Å²) in [5, 5.41) is 10.3. The number of hydrogen-bond donors (Lipinski definition) is 1. The van der Waals surface area contributed by atoms with Crippen LogP contribution >= 0.6 is 15.9 Å². The average Bonchev–Trinajstić information content (AvgIpc) is 2.04. The van der Waals surface area contributed by atoms with E-state index in [1.807, 2.05) is 0 Å². The maximum Gasteiger partial charge on any atom is 0.270 e. The topological polar surface area (TPSA) is 86.2 Å². The van der Waals surface area contributed by atoms with Gasteiger partial charge >= 0.3 is 0 Å². The number of amides is 1. The van der Waals surface area contributed by atoms with Gasteiger partial charge in [-0.1, -0.05) is 0 Å². The Labute approximate surface area is 81.8 Å². The number of non-ortho nitro benzene ring substituents is 1. The smallest absolute Gasteiger partial charge is 0.270 e. The zero-order valence-electron chi connectivity index (χ0n) is 6.36. The molecule has 0 heterocycles. The molecule has 1 aromatic rings. The summed E-state index contributed by atoms with van der Waals surface area (Å²) in [5.41, 5.74) is 4.94. The number of nitrogens with zero attached hydrogens (tertiary/aromatic N) is 1. The Morgan fingerprint density at radius 2 is 2.15 bits per heavy atom. The SMILES string of the molecule is NC(=O)c1cc([N+](=O)[O-])ccc1Br. The van der Waals surface area contributed by atoms with E-state index in [0.29, 0.717) is 4.47 Å². The first-order valence-corrected chi connectivity index (χ1v) is 4.05. The Bertz CT molecular complexity index is 378.